The van der Waals surface area contributed by atoms with Crippen molar-refractivity contribution in [1.29, 1.82) is 0 Å². The molecule has 3 aromatic rings. The summed E-state index contributed by atoms with van der Waals surface area (Å²) in [4.78, 5) is 15.8. The van der Waals surface area contributed by atoms with E-state index in [-0.39, 0.29) is 0 Å². The van der Waals surface area contributed by atoms with Gasteiger partial charge in [-0.15, -0.1) is 16.4 Å². The number of hydrogen-bond donors (Lipinski definition) is 2. The summed E-state index contributed by atoms with van der Waals surface area (Å²) in [5, 5.41) is 12.9. The topological polar surface area (TPSA) is 79.4 Å². The summed E-state index contributed by atoms with van der Waals surface area (Å²) in [7, 11) is 0. The molecule has 2 N–H and O–H groups in total. The van der Waals surface area contributed by atoms with Gasteiger partial charge in [0.15, 0.2) is 0 Å². The van der Waals surface area contributed by atoms with Crippen LogP contribution in [0.5, 0.6) is 0 Å². The van der Waals surface area contributed by atoms with Crippen molar-refractivity contribution in [3.05, 3.63) is 16.8 Å². The highest BCUT2D eigenvalue weighted by atomic mass is 32.2. The lowest BCUT2D eigenvalue weighted by Gasteiger charge is -2.04. The maximum absolute atomic E-state index is 4.60. The number of H-pyrrole nitrogens is 1. The summed E-state index contributed by atoms with van der Waals surface area (Å²) in [5.41, 5.74) is 0. The Morgan fingerprint density at radius 2 is 2.14 bits per heavy atom. The van der Waals surface area contributed by atoms with Crippen LogP contribution in [0.4, 0.5) is 5.95 Å². The monoisotopic (exact) mass is 320 g/mol. The zero-order valence-corrected chi connectivity index (χ0v) is 13.7. The van der Waals surface area contributed by atoms with Crippen molar-refractivity contribution < 1.29 is 0 Å². The molecule has 0 aliphatic heterocycles. The number of nitrogens with zero attached hydrogens (tertiary/aromatic N) is 4. The highest BCUT2D eigenvalue weighted by Crippen LogP contribution is 2.34. The van der Waals surface area contributed by atoms with Crippen molar-refractivity contribution in [2.24, 2.45) is 0 Å². The van der Waals surface area contributed by atoms with Crippen LogP contribution >= 0.6 is 23.1 Å². The first-order valence-electron chi connectivity index (χ1n) is 6.80. The van der Waals surface area contributed by atoms with Crippen LogP contribution in [-0.2, 0) is 6.42 Å². The van der Waals surface area contributed by atoms with Crippen LogP contribution in [0, 0.1) is 6.92 Å². The van der Waals surface area contributed by atoms with Gasteiger partial charge in [-0.2, -0.15) is 0 Å². The van der Waals surface area contributed by atoms with Crippen LogP contribution in [0.15, 0.2) is 16.2 Å². The maximum atomic E-state index is 4.60. The highest BCUT2D eigenvalue weighted by Gasteiger charge is 2.14. The minimum absolute atomic E-state index is 0.657. The molecule has 6 nitrogen and oxygen atoms in total. The quantitative estimate of drug-likeness (QED) is 0.702. The molecule has 0 fully saturated rings. The van der Waals surface area contributed by atoms with Gasteiger partial charge in [0.05, 0.1) is 0 Å². The summed E-state index contributed by atoms with van der Waals surface area (Å²) in [6, 6.07) is 2.16. The van der Waals surface area contributed by atoms with Crippen LogP contribution < -0.4 is 5.32 Å². The van der Waals surface area contributed by atoms with E-state index in [0.717, 1.165) is 34.0 Å². The molecule has 0 spiro atoms. The van der Waals surface area contributed by atoms with Gasteiger partial charge in [0.2, 0.25) is 11.1 Å². The lowest BCUT2D eigenvalue weighted by Crippen LogP contribution is -2.02. The largest absolute Gasteiger partial charge is 0.354 e. The van der Waals surface area contributed by atoms with Crippen LogP contribution in [0.3, 0.4) is 0 Å². The highest BCUT2D eigenvalue weighted by molar-refractivity contribution is 7.99. The molecule has 3 aromatic heterocycles. The molecule has 0 bridgehead atoms. The average molecular weight is 320 g/mol. The minimum atomic E-state index is 0.657. The first-order chi connectivity index (χ1) is 10.2. The summed E-state index contributed by atoms with van der Waals surface area (Å²) in [5.74, 6) is 1.46. The Morgan fingerprint density at radius 3 is 2.81 bits per heavy atom. The molecule has 8 heteroatoms. The van der Waals surface area contributed by atoms with Crippen molar-refractivity contribution in [3.8, 4) is 0 Å². The first kappa shape index (κ1) is 14.3. The van der Waals surface area contributed by atoms with E-state index in [1.165, 1.54) is 16.6 Å². The lowest BCUT2D eigenvalue weighted by molar-refractivity contribution is 0.964. The number of aromatic nitrogens is 5. The van der Waals surface area contributed by atoms with Gasteiger partial charge >= 0.3 is 0 Å². The second-order valence-electron chi connectivity index (χ2n) is 4.47. The van der Waals surface area contributed by atoms with Gasteiger partial charge in [-0.05, 0) is 38.1 Å². The fraction of sp³-hybridized carbons (Fsp3) is 0.385. The minimum Gasteiger partial charge on any atom is -0.354 e. The van der Waals surface area contributed by atoms with E-state index in [0.29, 0.717) is 11.1 Å². The van der Waals surface area contributed by atoms with Crippen LogP contribution in [0.1, 0.15) is 24.5 Å². The van der Waals surface area contributed by atoms with E-state index in [1.54, 1.807) is 11.3 Å². The molecule has 0 saturated carbocycles. The Hall–Kier alpha value is -1.67. The predicted molar refractivity (Wildman–Crippen MR) is 86.2 cm³/mol. The molecular formula is C13H16N6S2. The number of fused-ring (bicyclic) bond motifs is 1. The molecule has 0 amide bonds. The summed E-state index contributed by atoms with van der Waals surface area (Å²) in [6.45, 7) is 6.86. The number of rotatable bonds is 5. The molecule has 0 aromatic carbocycles. The van der Waals surface area contributed by atoms with Gasteiger partial charge in [-0.1, -0.05) is 6.92 Å². The van der Waals surface area contributed by atoms with Crippen LogP contribution in [0.2, 0.25) is 0 Å². The third kappa shape index (κ3) is 3.01. The van der Waals surface area contributed by atoms with Crippen LogP contribution in [0.25, 0.3) is 10.2 Å². The first-order valence-corrected chi connectivity index (χ1v) is 8.44. The van der Waals surface area contributed by atoms with Gasteiger partial charge in [-0.25, -0.2) is 15.0 Å². The van der Waals surface area contributed by atoms with Gasteiger partial charge in [0.25, 0.3) is 0 Å². The van der Waals surface area contributed by atoms with Crippen molar-refractivity contribution >= 4 is 39.3 Å². The Morgan fingerprint density at radius 1 is 1.29 bits per heavy atom. The molecule has 0 aliphatic rings. The fourth-order valence-corrected chi connectivity index (χ4v) is 3.76. The molecule has 110 valence electrons. The predicted octanol–water partition coefficient (Wildman–Crippen LogP) is 3.26. The fourth-order valence-electron chi connectivity index (χ4n) is 1.89. The van der Waals surface area contributed by atoms with E-state index >= 15 is 0 Å². The summed E-state index contributed by atoms with van der Waals surface area (Å²) in [6.07, 6.45) is 1.00. The molecule has 0 atom stereocenters. The molecule has 3 heterocycles. The van der Waals surface area contributed by atoms with Gasteiger partial charge < -0.3 is 5.32 Å². The lowest BCUT2D eigenvalue weighted by atomic mass is 10.3. The normalized spacial score (nSPS) is 11.2. The number of nitrogens with one attached hydrogen (secondary N) is 2. The van der Waals surface area contributed by atoms with E-state index in [2.05, 4.69) is 43.5 Å². The third-order valence-corrected chi connectivity index (χ3v) is 4.90. The molecule has 0 saturated heterocycles. The Labute approximate surface area is 130 Å². The maximum Gasteiger partial charge on any atom is 0.225 e. The zero-order valence-electron chi connectivity index (χ0n) is 12.1. The number of aryl methyl sites for hydroxylation is 2. The smallest absolute Gasteiger partial charge is 0.225 e. The Balaban J connectivity index is 2.06. The number of aromatic amines is 1. The van der Waals surface area contributed by atoms with Crippen molar-refractivity contribution in [3.63, 3.8) is 0 Å². The Bertz CT molecular complexity index is 763. The van der Waals surface area contributed by atoms with E-state index in [4.69, 9.17) is 0 Å². The van der Waals surface area contributed by atoms with Crippen LogP contribution in [-0.4, -0.2) is 31.7 Å². The number of hydrogen-bond acceptors (Lipinski definition) is 7. The van der Waals surface area contributed by atoms with Crippen molar-refractivity contribution in [2.45, 2.75) is 37.4 Å². The summed E-state index contributed by atoms with van der Waals surface area (Å²) < 4.78 is 0. The number of thiophene rings is 1. The second-order valence-corrected chi connectivity index (χ2v) is 6.54. The third-order valence-electron chi connectivity index (χ3n) is 2.86. The van der Waals surface area contributed by atoms with E-state index in [9.17, 15) is 0 Å². The van der Waals surface area contributed by atoms with Gasteiger partial charge in [0, 0.05) is 16.8 Å². The average Bonchev–Trinajstić information content (AvgIpc) is 3.05. The van der Waals surface area contributed by atoms with Gasteiger partial charge in [-0.3, -0.25) is 5.10 Å². The molecule has 3 rings (SSSR count). The molecule has 0 aliphatic carbocycles. The van der Waals surface area contributed by atoms with Gasteiger partial charge in [0.1, 0.15) is 15.7 Å². The second kappa shape index (κ2) is 5.98. The number of anilines is 1. The van der Waals surface area contributed by atoms with Crippen molar-refractivity contribution in [1.82, 2.24) is 25.1 Å². The van der Waals surface area contributed by atoms with E-state index < -0.39 is 0 Å². The molecule has 21 heavy (non-hydrogen) atoms. The van der Waals surface area contributed by atoms with Crippen molar-refractivity contribution in [2.75, 3.05) is 11.9 Å². The Kier molecular flexibility index (Phi) is 4.07. The zero-order chi connectivity index (χ0) is 14.8. The molecule has 0 radical (unpaired) electrons. The molecular weight excluding hydrogens is 304 g/mol. The summed E-state index contributed by atoms with van der Waals surface area (Å²) >= 11 is 3.18. The van der Waals surface area contributed by atoms with E-state index in [1.807, 2.05) is 13.8 Å². The SMILES string of the molecule is CCNc1nc(Sc2n[nH]c(C)n2)c2cc(CC)sc2n1. The molecule has 0 unspecified atom stereocenters. The standard InChI is InChI=1S/C13H16N6S2/c1-4-8-6-9-10(20-8)16-12(14-5-2)17-11(9)21-13-15-7(3)18-19-13/h6H,4-5H2,1-3H3,(H,14,16,17)(H,15,18,19).